The number of hydrogen-bond donors (Lipinski definition) is 1. The highest BCUT2D eigenvalue weighted by Gasteiger charge is 2.23. The van der Waals surface area contributed by atoms with Gasteiger partial charge in [0.15, 0.2) is 0 Å². The second-order valence-electron chi connectivity index (χ2n) is 4.52. The molecule has 1 heterocycles. The molecule has 0 unspecified atom stereocenters. The maximum absolute atomic E-state index is 13.3. The van der Waals surface area contributed by atoms with Gasteiger partial charge in [-0.3, -0.25) is 4.79 Å². The van der Waals surface area contributed by atoms with E-state index in [4.69, 9.17) is 0 Å². The van der Waals surface area contributed by atoms with Crippen LogP contribution in [0.1, 0.15) is 36.0 Å². The summed E-state index contributed by atoms with van der Waals surface area (Å²) in [6.45, 7) is 0. The molecule has 2 rings (SSSR count). The van der Waals surface area contributed by atoms with Crippen LogP contribution in [0.4, 0.5) is 4.39 Å². The number of nitrogens with zero attached hydrogens (tertiary/aromatic N) is 1. The summed E-state index contributed by atoms with van der Waals surface area (Å²) in [4.78, 5) is 15.4. The molecule has 0 spiro atoms. The van der Waals surface area contributed by atoms with E-state index in [1.807, 2.05) is 11.8 Å². The number of hydrogen-bond acceptors (Lipinski definition) is 3. The molecule has 0 bridgehead atoms. The van der Waals surface area contributed by atoms with Gasteiger partial charge in [-0.15, -0.1) is 0 Å². The summed E-state index contributed by atoms with van der Waals surface area (Å²) in [5.74, 6) is -1.05. The Morgan fingerprint density at radius 3 is 2.78 bits per heavy atom. The fraction of sp³-hybridized carbons (Fsp3) is 0.538. The van der Waals surface area contributed by atoms with Gasteiger partial charge >= 0.3 is 0 Å². The van der Waals surface area contributed by atoms with Crippen molar-refractivity contribution in [1.82, 2.24) is 10.3 Å². The average Bonchev–Trinajstić information content (AvgIpc) is 2.40. The van der Waals surface area contributed by atoms with E-state index in [2.05, 4.69) is 16.6 Å². The molecule has 3 nitrogen and oxygen atoms in total. The summed E-state index contributed by atoms with van der Waals surface area (Å²) >= 11 is 1.88. The van der Waals surface area contributed by atoms with Crippen LogP contribution in [0.3, 0.4) is 0 Å². The molecule has 1 amide bonds. The average molecular weight is 268 g/mol. The minimum Gasteiger partial charge on any atom is -0.349 e. The highest BCUT2D eigenvalue weighted by Crippen LogP contribution is 2.26. The normalized spacial score (nSPS) is 23.7. The van der Waals surface area contributed by atoms with Gasteiger partial charge < -0.3 is 5.32 Å². The standard InChI is InChI=1S/C13H17FN2OS/c1-18-10-6-4-9(5-7-10)16-13(17)11-3-2-8-15-12(11)14/h2-3,8-10H,4-7H2,1H3,(H,16,17). The first-order chi connectivity index (χ1) is 8.70. The van der Waals surface area contributed by atoms with E-state index < -0.39 is 5.95 Å². The molecule has 18 heavy (non-hydrogen) atoms. The van der Waals surface area contributed by atoms with Crippen molar-refractivity contribution in [3.05, 3.63) is 29.8 Å². The molecule has 1 aliphatic rings. The largest absolute Gasteiger partial charge is 0.349 e. The molecule has 0 aromatic carbocycles. The van der Waals surface area contributed by atoms with Crippen LogP contribution >= 0.6 is 11.8 Å². The van der Waals surface area contributed by atoms with Crippen LogP contribution in [0.15, 0.2) is 18.3 Å². The number of nitrogens with one attached hydrogen (secondary N) is 1. The maximum atomic E-state index is 13.3. The number of aromatic nitrogens is 1. The number of carbonyl (C=O) groups is 1. The quantitative estimate of drug-likeness (QED) is 0.857. The van der Waals surface area contributed by atoms with Gasteiger partial charge in [0.25, 0.3) is 5.91 Å². The van der Waals surface area contributed by atoms with Crippen LogP contribution in [-0.2, 0) is 0 Å². The van der Waals surface area contributed by atoms with E-state index >= 15 is 0 Å². The molecular weight excluding hydrogens is 251 g/mol. The van der Waals surface area contributed by atoms with Crippen LogP contribution in [0, 0.1) is 5.95 Å². The van der Waals surface area contributed by atoms with Gasteiger partial charge in [0.05, 0.1) is 5.56 Å². The smallest absolute Gasteiger partial charge is 0.256 e. The Kier molecular flexibility index (Phi) is 4.58. The molecule has 0 saturated heterocycles. The fourth-order valence-electron chi connectivity index (χ4n) is 2.26. The SMILES string of the molecule is CSC1CCC(NC(=O)c2cccnc2F)CC1. The molecule has 1 aliphatic carbocycles. The fourth-order valence-corrected chi connectivity index (χ4v) is 3.00. The summed E-state index contributed by atoms with van der Waals surface area (Å²) in [5, 5.41) is 3.59. The van der Waals surface area contributed by atoms with Crippen molar-refractivity contribution < 1.29 is 9.18 Å². The van der Waals surface area contributed by atoms with E-state index in [9.17, 15) is 9.18 Å². The summed E-state index contributed by atoms with van der Waals surface area (Å²) in [5.41, 5.74) is 0.0319. The molecule has 1 N–H and O–H groups in total. The monoisotopic (exact) mass is 268 g/mol. The molecule has 1 fully saturated rings. The first kappa shape index (κ1) is 13.3. The van der Waals surface area contributed by atoms with E-state index in [-0.39, 0.29) is 17.5 Å². The molecule has 98 valence electrons. The molecule has 0 aliphatic heterocycles. The number of amides is 1. The number of carbonyl (C=O) groups excluding carboxylic acids is 1. The molecule has 1 aromatic heterocycles. The number of pyridine rings is 1. The molecular formula is C13H17FN2OS. The molecule has 1 saturated carbocycles. The van der Waals surface area contributed by atoms with Gasteiger partial charge in [-0.25, -0.2) is 4.98 Å². The predicted molar refractivity (Wildman–Crippen MR) is 71.2 cm³/mol. The summed E-state index contributed by atoms with van der Waals surface area (Å²) in [6.07, 6.45) is 7.63. The number of halogens is 1. The lowest BCUT2D eigenvalue weighted by molar-refractivity contribution is 0.0923. The second kappa shape index (κ2) is 6.18. The number of rotatable bonds is 3. The first-order valence-electron chi connectivity index (χ1n) is 6.15. The third-order valence-corrected chi connectivity index (χ3v) is 4.48. The highest BCUT2D eigenvalue weighted by molar-refractivity contribution is 7.99. The van der Waals surface area contributed by atoms with Gasteiger partial charge in [0.2, 0.25) is 5.95 Å². The van der Waals surface area contributed by atoms with Crippen molar-refractivity contribution in [2.75, 3.05) is 6.26 Å². The Balaban J connectivity index is 1.91. The predicted octanol–water partition coefficient (Wildman–Crippen LogP) is 2.62. The zero-order valence-electron chi connectivity index (χ0n) is 10.4. The molecule has 0 radical (unpaired) electrons. The van der Waals surface area contributed by atoms with E-state index in [1.165, 1.54) is 12.3 Å². The molecule has 0 atom stereocenters. The lowest BCUT2D eigenvalue weighted by atomic mass is 9.95. The molecule has 1 aromatic rings. The Morgan fingerprint density at radius 1 is 1.44 bits per heavy atom. The van der Waals surface area contributed by atoms with Crippen LogP contribution in [0.5, 0.6) is 0 Å². The Hall–Kier alpha value is -1.10. The van der Waals surface area contributed by atoms with Gasteiger partial charge in [-0.1, -0.05) is 0 Å². The zero-order chi connectivity index (χ0) is 13.0. The van der Waals surface area contributed by atoms with Gasteiger partial charge in [-0.2, -0.15) is 16.2 Å². The van der Waals surface area contributed by atoms with Gasteiger partial charge in [-0.05, 0) is 44.1 Å². The van der Waals surface area contributed by atoms with Gasteiger partial charge in [0.1, 0.15) is 0 Å². The lowest BCUT2D eigenvalue weighted by Crippen LogP contribution is -2.38. The van der Waals surface area contributed by atoms with Crippen LogP contribution in [0.25, 0.3) is 0 Å². The zero-order valence-corrected chi connectivity index (χ0v) is 11.2. The Morgan fingerprint density at radius 2 is 2.17 bits per heavy atom. The number of thioether (sulfide) groups is 1. The van der Waals surface area contributed by atoms with Crippen LogP contribution in [0.2, 0.25) is 0 Å². The Labute approximate surface area is 111 Å². The van der Waals surface area contributed by atoms with Crippen molar-refractivity contribution in [2.45, 2.75) is 37.0 Å². The summed E-state index contributed by atoms with van der Waals surface area (Å²) in [6, 6.07) is 3.20. The minimum atomic E-state index is -0.701. The van der Waals surface area contributed by atoms with E-state index in [1.54, 1.807) is 6.07 Å². The van der Waals surface area contributed by atoms with Gasteiger partial charge in [0, 0.05) is 17.5 Å². The van der Waals surface area contributed by atoms with Crippen molar-refractivity contribution in [3.63, 3.8) is 0 Å². The molecule has 5 heteroatoms. The van der Waals surface area contributed by atoms with Crippen molar-refractivity contribution in [1.29, 1.82) is 0 Å². The van der Waals surface area contributed by atoms with E-state index in [0.29, 0.717) is 5.25 Å². The van der Waals surface area contributed by atoms with Crippen molar-refractivity contribution in [3.8, 4) is 0 Å². The van der Waals surface area contributed by atoms with Crippen LogP contribution < -0.4 is 5.32 Å². The lowest BCUT2D eigenvalue weighted by Gasteiger charge is -2.28. The highest BCUT2D eigenvalue weighted by atomic mass is 32.2. The third kappa shape index (κ3) is 3.22. The first-order valence-corrected chi connectivity index (χ1v) is 7.43. The van der Waals surface area contributed by atoms with Crippen molar-refractivity contribution in [2.24, 2.45) is 0 Å². The summed E-state index contributed by atoms with van der Waals surface area (Å²) in [7, 11) is 0. The maximum Gasteiger partial charge on any atom is 0.256 e. The Bertz CT molecular complexity index is 419. The van der Waals surface area contributed by atoms with Crippen LogP contribution in [-0.4, -0.2) is 28.4 Å². The minimum absolute atomic E-state index is 0.0319. The topological polar surface area (TPSA) is 42.0 Å². The second-order valence-corrected chi connectivity index (χ2v) is 5.66. The van der Waals surface area contributed by atoms with Crippen molar-refractivity contribution >= 4 is 17.7 Å². The van der Waals surface area contributed by atoms with E-state index in [0.717, 1.165) is 25.7 Å². The summed E-state index contributed by atoms with van der Waals surface area (Å²) < 4.78 is 13.3. The third-order valence-electron chi connectivity index (χ3n) is 3.35.